The van der Waals surface area contributed by atoms with Gasteiger partial charge in [0.25, 0.3) is 5.91 Å². The molecular formula is C28H30N2O6. The summed E-state index contributed by atoms with van der Waals surface area (Å²) in [7, 11) is 0. The van der Waals surface area contributed by atoms with Crippen molar-refractivity contribution in [3.8, 4) is 5.75 Å². The van der Waals surface area contributed by atoms with Gasteiger partial charge in [-0.25, -0.2) is 9.59 Å². The van der Waals surface area contributed by atoms with Crippen molar-refractivity contribution in [2.45, 2.75) is 58.6 Å². The third-order valence-corrected chi connectivity index (χ3v) is 6.38. The summed E-state index contributed by atoms with van der Waals surface area (Å²) in [5.41, 5.74) is 3.23. The SMILES string of the molecule is CCCCc1cc(=O)oc2c(C)c(OC(C)C(=O)NC(Cc3c[nH]c4ccccc34)C(=O)O)ccc12. The van der Waals surface area contributed by atoms with Crippen LogP contribution in [0.3, 0.4) is 0 Å². The summed E-state index contributed by atoms with van der Waals surface area (Å²) in [5.74, 6) is -1.30. The predicted octanol–water partition coefficient (Wildman–Crippen LogP) is 4.50. The number of aromatic amines is 1. The fourth-order valence-electron chi connectivity index (χ4n) is 4.36. The average Bonchev–Trinajstić information content (AvgIpc) is 3.26. The number of unbranched alkanes of at least 4 members (excludes halogenated alkanes) is 1. The Morgan fingerprint density at radius 2 is 1.92 bits per heavy atom. The molecule has 3 N–H and O–H groups in total. The van der Waals surface area contributed by atoms with E-state index in [9.17, 15) is 19.5 Å². The van der Waals surface area contributed by atoms with E-state index in [1.807, 2.05) is 30.3 Å². The number of benzene rings is 2. The summed E-state index contributed by atoms with van der Waals surface area (Å²) < 4.78 is 11.4. The van der Waals surface area contributed by atoms with Crippen LogP contribution in [-0.2, 0) is 22.4 Å². The van der Waals surface area contributed by atoms with E-state index in [4.69, 9.17) is 9.15 Å². The number of aryl methyl sites for hydroxylation is 2. The van der Waals surface area contributed by atoms with Crippen molar-refractivity contribution in [3.05, 3.63) is 75.8 Å². The number of carbonyl (C=O) groups excluding carboxylic acids is 1. The third kappa shape index (κ3) is 5.27. The highest BCUT2D eigenvalue weighted by molar-refractivity contribution is 5.89. The lowest BCUT2D eigenvalue weighted by Gasteiger charge is -2.20. The quantitative estimate of drug-likeness (QED) is 0.281. The molecule has 2 atom stereocenters. The van der Waals surface area contributed by atoms with E-state index in [0.29, 0.717) is 16.9 Å². The number of rotatable bonds is 10. The molecule has 8 nitrogen and oxygen atoms in total. The molecule has 0 bridgehead atoms. The molecule has 0 spiro atoms. The van der Waals surface area contributed by atoms with Crippen molar-refractivity contribution < 1.29 is 23.8 Å². The van der Waals surface area contributed by atoms with Crippen molar-refractivity contribution in [1.29, 1.82) is 0 Å². The lowest BCUT2D eigenvalue weighted by atomic mass is 10.0. The number of nitrogens with one attached hydrogen (secondary N) is 2. The first kappa shape index (κ1) is 25.0. The Morgan fingerprint density at radius 1 is 1.14 bits per heavy atom. The molecule has 8 heteroatoms. The summed E-state index contributed by atoms with van der Waals surface area (Å²) >= 11 is 0. The van der Waals surface area contributed by atoms with E-state index in [2.05, 4.69) is 17.2 Å². The van der Waals surface area contributed by atoms with Crippen LogP contribution in [0.1, 0.15) is 43.4 Å². The standard InChI is InChI=1S/C28H30N2O6/c1-4-5-8-18-14-25(31)36-26-16(2)24(12-11-21(18)26)35-17(3)27(32)30-23(28(33)34)13-19-15-29-22-10-7-6-9-20(19)22/h6-7,9-12,14-15,17,23,29H,4-5,8,13H2,1-3H3,(H,30,32)(H,33,34). The van der Waals surface area contributed by atoms with Gasteiger partial charge in [0.05, 0.1) is 0 Å². The number of aliphatic carboxylic acids is 1. The van der Waals surface area contributed by atoms with Gasteiger partial charge in [0.15, 0.2) is 6.10 Å². The summed E-state index contributed by atoms with van der Waals surface area (Å²) in [6.45, 7) is 5.41. The maximum Gasteiger partial charge on any atom is 0.336 e. The number of H-pyrrole nitrogens is 1. The Hall–Kier alpha value is -4.07. The first-order chi connectivity index (χ1) is 17.3. The van der Waals surface area contributed by atoms with Gasteiger partial charge < -0.3 is 24.6 Å². The van der Waals surface area contributed by atoms with Gasteiger partial charge in [-0.1, -0.05) is 31.5 Å². The van der Waals surface area contributed by atoms with E-state index < -0.39 is 29.6 Å². The average molecular weight is 491 g/mol. The summed E-state index contributed by atoms with van der Waals surface area (Å²) in [6.07, 6.45) is 3.64. The highest BCUT2D eigenvalue weighted by Gasteiger charge is 2.26. The van der Waals surface area contributed by atoms with Gasteiger partial charge >= 0.3 is 11.6 Å². The van der Waals surface area contributed by atoms with Crippen LogP contribution in [0.15, 0.2) is 57.9 Å². The smallest absolute Gasteiger partial charge is 0.336 e. The third-order valence-electron chi connectivity index (χ3n) is 6.38. The molecule has 2 heterocycles. The Balaban J connectivity index is 1.50. The molecule has 4 aromatic rings. The van der Waals surface area contributed by atoms with Crippen molar-refractivity contribution in [3.63, 3.8) is 0 Å². The number of hydrogen-bond donors (Lipinski definition) is 3. The topological polar surface area (TPSA) is 122 Å². The minimum atomic E-state index is -1.14. The zero-order chi connectivity index (χ0) is 25.8. The molecule has 0 saturated heterocycles. The van der Waals surface area contributed by atoms with Gasteiger partial charge in [0.2, 0.25) is 0 Å². The second-order valence-corrected chi connectivity index (χ2v) is 8.98. The van der Waals surface area contributed by atoms with E-state index in [-0.39, 0.29) is 6.42 Å². The highest BCUT2D eigenvalue weighted by atomic mass is 16.5. The van der Waals surface area contributed by atoms with Crippen molar-refractivity contribution in [2.24, 2.45) is 0 Å². The second kappa shape index (κ2) is 10.7. The van der Waals surface area contributed by atoms with Crippen LogP contribution in [0.2, 0.25) is 0 Å². The number of aromatic nitrogens is 1. The number of amides is 1. The van der Waals surface area contributed by atoms with E-state index in [1.54, 1.807) is 26.1 Å². The van der Waals surface area contributed by atoms with Crippen LogP contribution in [0, 0.1) is 6.92 Å². The fourth-order valence-corrected chi connectivity index (χ4v) is 4.36. The normalized spacial score (nSPS) is 13.0. The van der Waals surface area contributed by atoms with Crippen LogP contribution in [0.4, 0.5) is 0 Å². The predicted molar refractivity (Wildman–Crippen MR) is 137 cm³/mol. The molecule has 188 valence electrons. The van der Waals surface area contributed by atoms with Crippen LogP contribution in [0.5, 0.6) is 5.75 Å². The highest BCUT2D eigenvalue weighted by Crippen LogP contribution is 2.30. The number of carboxylic acids is 1. The number of carboxylic acid groups (broad SMARTS) is 1. The molecule has 1 amide bonds. The molecule has 0 fully saturated rings. The zero-order valence-corrected chi connectivity index (χ0v) is 20.6. The summed E-state index contributed by atoms with van der Waals surface area (Å²) in [4.78, 5) is 40.0. The summed E-state index contributed by atoms with van der Waals surface area (Å²) in [5, 5.41) is 14.1. The van der Waals surface area contributed by atoms with Crippen LogP contribution in [0.25, 0.3) is 21.9 Å². The van der Waals surface area contributed by atoms with E-state index in [0.717, 1.165) is 46.7 Å². The molecule has 0 aliphatic rings. The van der Waals surface area contributed by atoms with Crippen molar-refractivity contribution in [1.82, 2.24) is 10.3 Å². The molecule has 2 aromatic carbocycles. The molecule has 36 heavy (non-hydrogen) atoms. The molecule has 0 aliphatic carbocycles. The van der Waals surface area contributed by atoms with Gasteiger partial charge in [-0.05, 0) is 56.0 Å². The minimum absolute atomic E-state index is 0.124. The van der Waals surface area contributed by atoms with E-state index >= 15 is 0 Å². The first-order valence-electron chi connectivity index (χ1n) is 12.1. The van der Waals surface area contributed by atoms with Gasteiger partial charge in [0, 0.05) is 40.5 Å². The Kier molecular flexibility index (Phi) is 7.43. The molecule has 2 aromatic heterocycles. The molecule has 0 aliphatic heterocycles. The second-order valence-electron chi connectivity index (χ2n) is 8.98. The monoisotopic (exact) mass is 490 g/mol. The van der Waals surface area contributed by atoms with Crippen molar-refractivity contribution >= 4 is 33.7 Å². The van der Waals surface area contributed by atoms with Crippen LogP contribution in [-0.4, -0.2) is 34.1 Å². The maximum absolute atomic E-state index is 12.9. The number of carbonyl (C=O) groups is 2. The molecule has 0 saturated carbocycles. The van der Waals surface area contributed by atoms with E-state index in [1.165, 1.54) is 6.07 Å². The molecule has 0 radical (unpaired) electrons. The minimum Gasteiger partial charge on any atom is -0.480 e. The zero-order valence-electron chi connectivity index (χ0n) is 20.6. The number of hydrogen-bond acceptors (Lipinski definition) is 5. The van der Waals surface area contributed by atoms with Crippen LogP contribution < -0.4 is 15.7 Å². The first-order valence-corrected chi connectivity index (χ1v) is 12.1. The maximum atomic E-state index is 12.9. The largest absolute Gasteiger partial charge is 0.480 e. The fraction of sp³-hybridized carbons (Fsp3) is 0.321. The Labute approximate surface area is 208 Å². The Morgan fingerprint density at radius 3 is 2.67 bits per heavy atom. The Bertz CT molecular complexity index is 1470. The van der Waals surface area contributed by atoms with Gasteiger partial charge in [-0.15, -0.1) is 0 Å². The molecule has 2 unspecified atom stereocenters. The van der Waals surface area contributed by atoms with Gasteiger partial charge in [-0.3, -0.25) is 4.79 Å². The van der Waals surface area contributed by atoms with Gasteiger partial charge in [-0.2, -0.15) is 0 Å². The number of ether oxygens (including phenoxy) is 1. The number of fused-ring (bicyclic) bond motifs is 2. The van der Waals surface area contributed by atoms with Crippen LogP contribution >= 0.6 is 0 Å². The van der Waals surface area contributed by atoms with Crippen molar-refractivity contribution in [2.75, 3.05) is 0 Å². The van der Waals surface area contributed by atoms with Gasteiger partial charge in [0.1, 0.15) is 17.4 Å². The number of para-hydroxylation sites is 1. The molecular weight excluding hydrogens is 460 g/mol. The molecule has 4 rings (SSSR count). The summed E-state index contributed by atoms with van der Waals surface area (Å²) in [6, 6.07) is 11.6. The lowest BCUT2D eigenvalue weighted by Crippen LogP contribution is -2.47. The lowest BCUT2D eigenvalue weighted by molar-refractivity contribution is -0.142.